The minimum atomic E-state index is -1.42. The third-order valence-electron chi connectivity index (χ3n) is 14.3. The Hall–Kier alpha value is -0.250. The van der Waals surface area contributed by atoms with Crippen molar-refractivity contribution in [1.82, 2.24) is 0 Å². The summed E-state index contributed by atoms with van der Waals surface area (Å²) >= 11 is 0. The molecule has 0 amide bonds. The van der Waals surface area contributed by atoms with Crippen LogP contribution in [0.25, 0.3) is 0 Å². The van der Waals surface area contributed by atoms with Gasteiger partial charge in [-0.2, -0.15) is 0 Å². The van der Waals surface area contributed by atoms with Crippen LogP contribution in [0, 0.1) is 23.2 Å². The van der Waals surface area contributed by atoms with Gasteiger partial charge in [0.25, 0.3) is 0 Å². The summed E-state index contributed by atoms with van der Waals surface area (Å²) in [6.07, 6.45) is 31.3. The maximum absolute atomic E-state index is 15.8. The smallest absolute Gasteiger partial charge is 0.0970 e. The molecule has 2 bridgehead atoms. The van der Waals surface area contributed by atoms with Gasteiger partial charge in [-0.1, -0.05) is 109 Å². The number of rotatable bonds is 4. The maximum Gasteiger partial charge on any atom is 0.384 e. The van der Waals surface area contributed by atoms with Crippen LogP contribution in [0.4, 0.5) is 0 Å². The third kappa shape index (κ3) is 5.34. The second kappa shape index (κ2) is 12.9. The van der Waals surface area contributed by atoms with E-state index >= 15 is 4.57 Å². The van der Waals surface area contributed by atoms with Crippen LogP contribution < -0.4 is 5.30 Å². The lowest BCUT2D eigenvalue weighted by Crippen LogP contribution is -2.47. The van der Waals surface area contributed by atoms with Crippen LogP contribution >= 0.6 is 15.7 Å². The fourth-order valence-corrected chi connectivity index (χ4v) is 20.1. The van der Waals surface area contributed by atoms with E-state index in [2.05, 4.69) is 38.1 Å². The molecule has 5 aliphatic carbocycles. The average molecular weight is 608 g/mol. The zero-order chi connectivity index (χ0) is 28.7. The first-order chi connectivity index (χ1) is 20.5. The molecule has 1 heterocycles. The Balaban J connectivity index is 1.35. The Morgan fingerprint density at radius 1 is 0.738 bits per heavy atom. The molecule has 8 unspecified atom stereocenters. The molecule has 0 aromatic heterocycles. The second-order valence-electron chi connectivity index (χ2n) is 16.4. The van der Waals surface area contributed by atoms with E-state index < -0.39 is 7.80 Å². The van der Waals surface area contributed by atoms with Crippen molar-refractivity contribution in [1.29, 1.82) is 0 Å². The van der Waals surface area contributed by atoms with Crippen LogP contribution in [-0.4, -0.2) is 22.1 Å². The van der Waals surface area contributed by atoms with Gasteiger partial charge in [0.05, 0.1) is 0 Å². The molecule has 232 valence electrons. The van der Waals surface area contributed by atoms with Gasteiger partial charge in [0, 0.05) is 17.4 Å². The normalized spacial score (nSPS) is 40.0. The summed E-state index contributed by atoms with van der Waals surface area (Å²) < 4.78 is 15.8. The first-order valence-electron chi connectivity index (χ1n) is 18.9. The van der Waals surface area contributed by atoms with Gasteiger partial charge < -0.3 is 0 Å². The predicted octanol–water partition coefficient (Wildman–Crippen LogP) is 12.1. The predicted molar refractivity (Wildman–Crippen MR) is 183 cm³/mol. The van der Waals surface area contributed by atoms with Crippen molar-refractivity contribution in [2.75, 3.05) is 0 Å². The van der Waals surface area contributed by atoms with Crippen molar-refractivity contribution in [2.24, 2.45) is 23.2 Å². The molecular weight excluding hydrogens is 546 g/mol. The molecule has 1 aliphatic heterocycles. The van der Waals surface area contributed by atoms with E-state index in [0.29, 0.717) is 23.2 Å². The van der Waals surface area contributed by atoms with Crippen LogP contribution in [0.2, 0.25) is 0 Å². The first kappa shape index (κ1) is 30.4. The van der Waals surface area contributed by atoms with Crippen LogP contribution in [0.1, 0.15) is 167 Å². The van der Waals surface area contributed by atoms with Crippen molar-refractivity contribution < 1.29 is 4.57 Å². The molecule has 6 aliphatic rings. The lowest BCUT2D eigenvalue weighted by molar-refractivity contribution is 0.0758. The van der Waals surface area contributed by atoms with Crippen LogP contribution in [-0.2, 0) is 4.57 Å². The lowest BCUT2D eigenvalue weighted by Gasteiger charge is -2.48. The molecule has 0 saturated heterocycles. The van der Waals surface area contributed by atoms with Gasteiger partial charge in [-0.3, -0.25) is 0 Å². The molecule has 1 spiro atoms. The number of fused-ring (bicyclic) bond motifs is 7. The van der Waals surface area contributed by atoms with Gasteiger partial charge in [-0.15, -0.1) is 0 Å². The zero-order valence-electron chi connectivity index (χ0n) is 27.2. The van der Waals surface area contributed by atoms with Crippen LogP contribution in [0.15, 0.2) is 24.3 Å². The number of benzene rings is 1. The molecule has 0 radical (unpaired) electrons. The molecular formula is C39H61OP2+. The number of hydrogen-bond acceptors (Lipinski definition) is 1. The lowest BCUT2D eigenvalue weighted by atomic mass is 9.60. The highest BCUT2D eigenvalue weighted by Crippen LogP contribution is 2.70. The van der Waals surface area contributed by atoms with Crippen molar-refractivity contribution in [3.8, 4) is 0 Å². The standard InChI is InChI=1S/C39H61OP2/c1-29(41(31-17-7-3-8-18-31)32-19-9-4-10-20-32)35-24-15-27-39(35)30-16-6-5-13-26-38(2,28-30)36-23-14-22-33(36)34-21-11-12-25-37(34)42(39)40/h11-12,21,25,29-33,35-36H,3-10,13-20,22-24,26-28H2,1-2H3/q+1. The fourth-order valence-electron chi connectivity index (χ4n) is 12.6. The highest BCUT2D eigenvalue weighted by molar-refractivity contribution is 7.60. The molecule has 42 heavy (non-hydrogen) atoms. The summed E-state index contributed by atoms with van der Waals surface area (Å²) in [6.45, 7) is 5.48. The molecule has 5 fully saturated rings. The Labute approximate surface area is 261 Å². The van der Waals surface area contributed by atoms with E-state index in [1.807, 2.05) is 0 Å². The van der Waals surface area contributed by atoms with E-state index in [9.17, 15) is 0 Å². The minimum absolute atomic E-state index is 0.00826. The molecule has 1 aromatic carbocycles. The summed E-state index contributed by atoms with van der Waals surface area (Å²) in [5.41, 5.74) is 4.73. The van der Waals surface area contributed by atoms with Gasteiger partial charge in [-0.05, 0) is 117 Å². The SMILES string of the molecule is CC(C1CCCC12C1CCCCCC(C)(C1)C1CCCC1c1ccccc1[P+]2=O)P(C1CCCCC1)C1CCCCC1. The highest BCUT2D eigenvalue weighted by Gasteiger charge is 2.67. The Bertz CT molecular complexity index is 1070. The Morgan fingerprint density at radius 2 is 1.40 bits per heavy atom. The quantitative estimate of drug-likeness (QED) is 0.311. The van der Waals surface area contributed by atoms with E-state index in [0.717, 1.165) is 22.9 Å². The second-order valence-corrected chi connectivity index (χ2v) is 21.5. The molecule has 8 atom stereocenters. The van der Waals surface area contributed by atoms with Gasteiger partial charge in [-0.25, -0.2) is 0 Å². The molecule has 7 rings (SSSR count). The minimum Gasteiger partial charge on any atom is -0.0970 e. The largest absolute Gasteiger partial charge is 0.384 e. The maximum atomic E-state index is 15.8. The van der Waals surface area contributed by atoms with Gasteiger partial charge >= 0.3 is 7.80 Å². The molecule has 5 saturated carbocycles. The molecule has 3 heteroatoms. The highest BCUT2D eigenvalue weighted by atomic mass is 31.1. The number of hydrogen-bond donors (Lipinski definition) is 0. The van der Waals surface area contributed by atoms with Crippen molar-refractivity contribution >= 4 is 21.0 Å². The summed E-state index contributed by atoms with van der Waals surface area (Å²) in [7, 11) is -1.43. The van der Waals surface area contributed by atoms with Crippen molar-refractivity contribution in [3.63, 3.8) is 0 Å². The Morgan fingerprint density at radius 3 is 2.14 bits per heavy atom. The Kier molecular flexibility index (Phi) is 9.31. The topological polar surface area (TPSA) is 17.1 Å². The molecule has 1 aromatic rings. The first-order valence-corrected chi connectivity index (χ1v) is 21.7. The summed E-state index contributed by atoms with van der Waals surface area (Å²) in [5, 5.41) is 1.36. The van der Waals surface area contributed by atoms with Crippen molar-refractivity contribution in [2.45, 2.75) is 183 Å². The van der Waals surface area contributed by atoms with E-state index in [1.165, 1.54) is 152 Å². The van der Waals surface area contributed by atoms with E-state index in [4.69, 9.17) is 0 Å². The van der Waals surface area contributed by atoms with Gasteiger partial charge in [0.1, 0.15) is 0 Å². The van der Waals surface area contributed by atoms with Crippen LogP contribution in [0.3, 0.4) is 0 Å². The van der Waals surface area contributed by atoms with E-state index in [-0.39, 0.29) is 13.1 Å². The zero-order valence-corrected chi connectivity index (χ0v) is 29.0. The summed E-state index contributed by atoms with van der Waals surface area (Å²) in [5.74, 6) is 2.76. The molecule has 0 N–H and O–H groups in total. The van der Waals surface area contributed by atoms with Crippen molar-refractivity contribution in [3.05, 3.63) is 29.8 Å². The van der Waals surface area contributed by atoms with Gasteiger partial charge in [0.2, 0.25) is 0 Å². The molecule has 1 nitrogen and oxygen atoms in total. The van der Waals surface area contributed by atoms with Crippen LogP contribution in [0.5, 0.6) is 0 Å². The summed E-state index contributed by atoms with van der Waals surface area (Å²) in [4.78, 5) is 0. The van der Waals surface area contributed by atoms with Gasteiger partial charge in [0.15, 0.2) is 10.5 Å². The third-order valence-corrected chi connectivity index (χ3v) is 20.9. The average Bonchev–Trinajstić information content (AvgIpc) is 3.69. The monoisotopic (exact) mass is 607 g/mol. The fraction of sp³-hybridized carbons (Fsp3) is 0.846. The van der Waals surface area contributed by atoms with E-state index in [1.54, 1.807) is 0 Å². The summed E-state index contributed by atoms with van der Waals surface area (Å²) in [6, 6.07) is 9.35.